The van der Waals surface area contributed by atoms with E-state index < -0.39 is 0 Å². The highest BCUT2D eigenvalue weighted by atomic mass is 32.1. The zero-order valence-corrected chi connectivity index (χ0v) is 10.6. The van der Waals surface area contributed by atoms with Crippen molar-refractivity contribution in [1.82, 2.24) is 0 Å². The van der Waals surface area contributed by atoms with Crippen molar-refractivity contribution >= 4 is 11.3 Å². The summed E-state index contributed by atoms with van der Waals surface area (Å²) in [6, 6.07) is 2.61. The second kappa shape index (κ2) is 4.67. The van der Waals surface area contributed by atoms with Crippen LogP contribution in [0.2, 0.25) is 0 Å². The smallest absolute Gasteiger partial charge is 0.0413 e. The standard InChI is InChI=1S/C13H21NS/c1-9(2)13(14)12-8-10-6-4-3-5-7-11(10)15-12/h8-9,13H,3-7,14H2,1-2H3. The van der Waals surface area contributed by atoms with Crippen molar-refractivity contribution < 1.29 is 0 Å². The van der Waals surface area contributed by atoms with Crippen molar-refractivity contribution in [2.24, 2.45) is 11.7 Å². The molecule has 15 heavy (non-hydrogen) atoms. The molecule has 0 amide bonds. The number of fused-ring (bicyclic) bond motifs is 1. The van der Waals surface area contributed by atoms with Gasteiger partial charge in [0.05, 0.1) is 0 Å². The maximum Gasteiger partial charge on any atom is 0.0413 e. The monoisotopic (exact) mass is 223 g/mol. The van der Waals surface area contributed by atoms with Crippen molar-refractivity contribution in [2.75, 3.05) is 0 Å². The van der Waals surface area contributed by atoms with Gasteiger partial charge in [0.2, 0.25) is 0 Å². The van der Waals surface area contributed by atoms with Crippen LogP contribution >= 0.6 is 11.3 Å². The minimum atomic E-state index is 0.238. The van der Waals surface area contributed by atoms with Crippen molar-refractivity contribution in [3.63, 3.8) is 0 Å². The van der Waals surface area contributed by atoms with Gasteiger partial charge in [0.1, 0.15) is 0 Å². The minimum absolute atomic E-state index is 0.238. The van der Waals surface area contributed by atoms with E-state index in [1.165, 1.54) is 37.0 Å². The molecule has 2 N–H and O–H groups in total. The largest absolute Gasteiger partial charge is 0.323 e. The van der Waals surface area contributed by atoms with E-state index in [0.29, 0.717) is 5.92 Å². The Morgan fingerprint density at radius 1 is 1.20 bits per heavy atom. The number of hydrogen-bond acceptors (Lipinski definition) is 2. The van der Waals surface area contributed by atoms with Crippen molar-refractivity contribution in [1.29, 1.82) is 0 Å². The molecule has 0 saturated heterocycles. The lowest BCUT2D eigenvalue weighted by Gasteiger charge is -2.13. The molecule has 1 atom stereocenters. The van der Waals surface area contributed by atoms with Gasteiger partial charge in [-0.3, -0.25) is 0 Å². The van der Waals surface area contributed by atoms with Crippen molar-refractivity contribution in [2.45, 2.75) is 52.0 Å². The molecule has 2 heteroatoms. The number of thiophene rings is 1. The third-order valence-corrected chi connectivity index (χ3v) is 4.65. The number of rotatable bonds is 2. The molecule has 1 aliphatic rings. The van der Waals surface area contributed by atoms with E-state index in [2.05, 4.69) is 19.9 Å². The van der Waals surface area contributed by atoms with Crippen LogP contribution in [0.3, 0.4) is 0 Å². The van der Waals surface area contributed by atoms with E-state index in [1.54, 1.807) is 10.4 Å². The highest BCUT2D eigenvalue weighted by Gasteiger charge is 2.17. The first-order valence-corrected chi connectivity index (χ1v) is 6.87. The van der Waals surface area contributed by atoms with Crippen molar-refractivity contribution in [3.05, 3.63) is 21.4 Å². The van der Waals surface area contributed by atoms with E-state index in [1.807, 2.05) is 11.3 Å². The molecule has 1 aromatic heterocycles. The lowest BCUT2D eigenvalue weighted by molar-refractivity contribution is 0.521. The maximum absolute atomic E-state index is 6.20. The predicted octanol–water partition coefficient (Wildman–Crippen LogP) is 3.67. The Kier molecular flexibility index (Phi) is 3.47. The maximum atomic E-state index is 6.20. The van der Waals surface area contributed by atoms with Gasteiger partial charge in [-0.2, -0.15) is 0 Å². The Bertz CT molecular complexity index is 304. The third kappa shape index (κ3) is 2.43. The summed E-state index contributed by atoms with van der Waals surface area (Å²) in [7, 11) is 0. The van der Waals surface area contributed by atoms with E-state index in [0.717, 1.165) is 0 Å². The molecule has 0 saturated carbocycles. The Labute approximate surface area is 96.7 Å². The van der Waals surface area contributed by atoms with Gasteiger partial charge in [-0.25, -0.2) is 0 Å². The van der Waals surface area contributed by atoms with Crippen LogP contribution < -0.4 is 5.73 Å². The fourth-order valence-electron chi connectivity index (χ4n) is 2.18. The van der Waals surface area contributed by atoms with Crippen LogP contribution in [0.4, 0.5) is 0 Å². The molecule has 84 valence electrons. The molecule has 0 radical (unpaired) electrons. The summed E-state index contributed by atoms with van der Waals surface area (Å²) in [5.74, 6) is 0.548. The van der Waals surface area contributed by atoms with Crippen LogP contribution in [-0.2, 0) is 12.8 Å². The topological polar surface area (TPSA) is 26.0 Å². The molecular formula is C13H21NS. The molecule has 1 aliphatic carbocycles. The minimum Gasteiger partial charge on any atom is -0.323 e. The average molecular weight is 223 g/mol. The first-order chi connectivity index (χ1) is 7.18. The molecular weight excluding hydrogens is 202 g/mol. The second-order valence-electron chi connectivity index (χ2n) is 4.93. The molecule has 1 unspecified atom stereocenters. The van der Waals surface area contributed by atoms with Crippen LogP contribution in [-0.4, -0.2) is 0 Å². The molecule has 2 rings (SSSR count). The zero-order valence-electron chi connectivity index (χ0n) is 9.75. The van der Waals surface area contributed by atoms with Gasteiger partial charge >= 0.3 is 0 Å². The lowest BCUT2D eigenvalue weighted by atomic mass is 10.0. The van der Waals surface area contributed by atoms with Gasteiger partial charge in [0.15, 0.2) is 0 Å². The number of hydrogen-bond donors (Lipinski definition) is 1. The predicted molar refractivity (Wildman–Crippen MR) is 67.3 cm³/mol. The third-order valence-electron chi connectivity index (χ3n) is 3.31. The highest BCUT2D eigenvalue weighted by Crippen LogP contribution is 2.33. The van der Waals surface area contributed by atoms with E-state index >= 15 is 0 Å². The Morgan fingerprint density at radius 3 is 2.67 bits per heavy atom. The molecule has 0 aliphatic heterocycles. The van der Waals surface area contributed by atoms with Crippen molar-refractivity contribution in [3.8, 4) is 0 Å². The van der Waals surface area contributed by atoms with E-state index in [9.17, 15) is 0 Å². The summed E-state index contributed by atoms with van der Waals surface area (Å²) in [6.45, 7) is 4.41. The van der Waals surface area contributed by atoms with Crippen LogP contribution in [0.15, 0.2) is 6.07 Å². The lowest BCUT2D eigenvalue weighted by Crippen LogP contribution is -2.15. The first-order valence-electron chi connectivity index (χ1n) is 6.05. The fourth-order valence-corrected chi connectivity index (χ4v) is 3.62. The molecule has 1 aromatic rings. The van der Waals surface area contributed by atoms with Gasteiger partial charge in [0, 0.05) is 15.8 Å². The molecule has 0 fully saturated rings. The summed E-state index contributed by atoms with van der Waals surface area (Å²) in [4.78, 5) is 3.01. The van der Waals surface area contributed by atoms with Gasteiger partial charge in [0.25, 0.3) is 0 Å². The normalized spacial score (nSPS) is 18.7. The number of nitrogens with two attached hydrogens (primary N) is 1. The SMILES string of the molecule is CC(C)C(N)c1cc2c(s1)CCCCC2. The summed E-state index contributed by atoms with van der Waals surface area (Å²) >= 11 is 1.96. The van der Waals surface area contributed by atoms with E-state index in [-0.39, 0.29) is 6.04 Å². The first kappa shape index (κ1) is 11.2. The molecule has 1 nitrogen and oxygen atoms in total. The summed E-state index contributed by atoms with van der Waals surface area (Å²) in [5.41, 5.74) is 7.79. The second-order valence-corrected chi connectivity index (χ2v) is 6.10. The molecule has 0 bridgehead atoms. The van der Waals surface area contributed by atoms with Gasteiger partial charge in [-0.1, -0.05) is 20.3 Å². The van der Waals surface area contributed by atoms with E-state index in [4.69, 9.17) is 5.73 Å². The summed E-state index contributed by atoms with van der Waals surface area (Å²) in [6.07, 6.45) is 6.68. The van der Waals surface area contributed by atoms with Crippen LogP contribution in [0.5, 0.6) is 0 Å². The number of aryl methyl sites for hydroxylation is 2. The average Bonchev–Trinajstić information content (AvgIpc) is 2.49. The van der Waals surface area contributed by atoms with Gasteiger partial charge < -0.3 is 5.73 Å². The Hall–Kier alpha value is -0.340. The molecule has 0 aromatic carbocycles. The van der Waals surface area contributed by atoms with Gasteiger partial charge in [-0.05, 0) is 43.2 Å². The summed E-state index contributed by atoms with van der Waals surface area (Å²) in [5, 5.41) is 0. The van der Waals surface area contributed by atoms with Crippen LogP contribution in [0.25, 0.3) is 0 Å². The van der Waals surface area contributed by atoms with Crippen LogP contribution in [0, 0.1) is 5.92 Å². The van der Waals surface area contributed by atoms with Gasteiger partial charge in [-0.15, -0.1) is 11.3 Å². The Morgan fingerprint density at radius 2 is 1.93 bits per heavy atom. The van der Waals surface area contributed by atoms with Crippen LogP contribution in [0.1, 0.15) is 54.5 Å². The fraction of sp³-hybridized carbons (Fsp3) is 0.692. The summed E-state index contributed by atoms with van der Waals surface area (Å²) < 4.78 is 0. The Balaban J connectivity index is 2.21. The molecule has 1 heterocycles. The quantitative estimate of drug-likeness (QED) is 0.761. The zero-order chi connectivity index (χ0) is 10.8. The molecule has 0 spiro atoms. The highest BCUT2D eigenvalue weighted by molar-refractivity contribution is 7.12.